The van der Waals surface area contributed by atoms with Gasteiger partial charge in [-0.2, -0.15) is 13.2 Å². The summed E-state index contributed by atoms with van der Waals surface area (Å²) in [7, 11) is -1.16. The number of hydrogen-bond donors (Lipinski definition) is 1. The highest BCUT2D eigenvalue weighted by atomic mass is 32.2. The average Bonchev–Trinajstić information content (AvgIpc) is 2.62. The Morgan fingerprint density at radius 3 is 2.46 bits per heavy atom. The van der Waals surface area contributed by atoms with E-state index in [-0.39, 0.29) is 35.8 Å². The minimum Gasteiger partial charge on any atom is -0.492 e. The summed E-state index contributed by atoms with van der Waals surface area (Å²) >= 11 is 0. The first-order valence-corrected chi connectivity index (χ1v) is 10.5. The second-order valence-corrected chi connectivity index (χ2v) is 9.03. The van der Waals surface area contributed by atoms with Gasteiger partial charge in [-0.3, -0.25) is 4.79 Å². The second-order valence-electron chi connectivity index (χ2n) is 6.91. The van der Waals surface area contributed by atoms with Crippen molar-refractivity contribution in [2.45, 2.75) is 43.7 Å². The SMILES string of the molecule is CCOc1ccc(NC(=O)C2CCCCC2C(F)(F)F)cc1S(=O)(=O)N(C)C. The Balaban J connectivity index is 2.32. The lowest BCUT2D eigenvalue weighted by molar-refractivity contribution is -0.197. The van der Waals surface area contributed by atoms with Crippen LogP contribution in [0.1, 0.15) is 32.6 Å². The predicted molar refractivity (Wildman–Crippen MR) is 98.6 cm³/mol. The van der Waals surface area contributed by atoms with E-state index in [1.165, 1.54) is 32.3 Å². The van der Waals surface area contributed by atoms with E-state index in [1.54, 1.807) is 6.92 Å². The third kappa shape index (κ3) is 4.96. The molecule has 158 valence electrons. The number of alkyl halides is 3. The Bertz CT molecular complexity index is 810. The smallest absolute Gasteiger partial charge is 0.392 e. The fourth-order valence-corrected chi connectivity index (χ4v) is 4.38. The first-order chi connectivity index (χ1) is 13.0. The number of halogens is 3. The standard InChI is InChI=1S/C18H25F3N2O4S/c1-4-27-15-10-9-12(11-16(15)28(25,26)23(2)3)22-17(24)13-7-5-6-8-14(13)18(19,20)21/h9-11,13-14H,4-8H2,1-3H3,(H,22,24). The summed E-state index contributed by atoms with van der Waals surface area (Å²) in [6.45, 7) is 1.93. The predicted octanol–water partition coefficient (Wildman–Crippen LogP) is 3.64. The summed E-state index contributed by atoms with van der Waals surface area (Å²) in [5.74, 6) is -3.51. The van der Waals surface area contributed by atoms with Crippen LogP contribution < -0.4 is 10.1 Å². The minimum atomic E-state index is -4.44. The molecule has 6 nitrogen and oxygen atoms in total. The number of amides is 1. The topological polar surface area (TPSA) is 75.7 Å². The van der Waals surface area contributed by atoms with Crippen LogP contribution in [0.5, 0.6) is 5.75 Å². The van der Waals surface area contributed by atoms with Gasteiger partial charge in [0.15, 0.2) is 0 Å². The molecule has 1 aliphatic rings. The summed E-state index contributed by atoms with van der Waals surface area (Å²) in [6, 6.07) is 4.02. The molecule has 2 rings (SSSR count). The van der Waals surface area contributed by atoms with Crippen LogP contribution in [-0.4, -0.2) is 45.5 Å². The number of nitrogens with one attached hydrogen (secondary N) is 1. The molecule has 1 amide bonds. The maximum absolute atomic E-state index is 13.3. The molecule has 1 aromatic rings. The minimum absolute atomic E-state index is 0.0783. The number of ether oxygens (including phenoxy) is 1. The zero-order valence-corrected chi connectivity index (χ0v) is 16.9. The molecule has 0 aliphatic heterocycles. The van der Waals surface area contributed by atoms with E-state index in [9.17, 15) is 26.4 Å². The summed E-state index contributed by atoms with van der Waals surface area (Å²) in [6.07, 6.45) is -3.39. The van der Waals surface area contributed by atoms with Crippen LogP contribution in [0.4, 0.5) is 18.9 Å². The summed E-state index contributed by atoms with van der Waals surface area (Å²) in [4.78, 5) is 12.4. The van der Waals surface area contributed by atoms with Crippen LogP contribution in [0.15, 0.2) is 23.1 Å². The van der Waals surface area contributed by atoms with Crippen molar-refractivity contribution < 1.29 is 31.1 Å². The van der Waals surface area contributed by atoms with Gasteiger partial charge in [-0.1, -0.05) is 12.8 Å². The molecule has 0 saturated heterocycles. The molecule has 0 heterocycles. The van der Waals surface area contributed by atoms with Crippen LogP contribution in [0.25, 0.3) is 0 Å². The lowest BCUT2D eigenvalue weighted by Gasteiger charge is -2.32. The lowest BCUT2D eigenvalue weighted by atomic mass is 9.78. The highest BCUT2D eigenvalue weighted by Crippen LogP contribution is 2.42. The van der Waals surface area contributed by atoms with Gasteiger partial charge in [0.25, 0.3) is 0 Å². The Kier molecular flexibility index (Phi) is 6.97. The van der Waals surface area contributed by atoms with Crippen LogP contribution in [0, 0.1) is 11.8 Å². The molecule has 10 heteroatoms. The van der Waals surface area contributed by atoms with Gasteiger partial charge in [-0.05, 0) is 38.0 Å². The van der Waals surface area contributed by atoms with Crippen molar-refractivity contribution in [2.24, 2.45) is 11.8 Å². The lowest BCUT2D eigenvalue weighted by Crippen LogP contribution is -2.39. The van der Waals surface area contributed by atoms with Gasteiger partial charge in [-0.15, -0.1) is 0 Å². The van der Waals surface area contributed by atoms with E-state index in [2.05, 4.69) is 5.32 Å². The molecule has 2 unspecified atom stereocenters. The van der Waals surface area contributed by atoms with Crippen molar-refractivity contribution in [3.63, 3.8) is 0 Å². The number of benzene rings is 1. The fourth-order valence-electron chi connectivity index (χ4n) is 3.33. The number of carbonyl (C=O) groups is 1. The number of hydrogen-bond acceptors (Lipinski definition) is 4. The Morgan fingerprint density at radius 2 is 1.89 bits per heavy atom. The van der Waals surface area contributed by atoms with Gasteiger partial charge in [0.2, 0.25) is 15.9 Å². The van der Waals surface area contributed by atoms with Crippen LogP contribution in [0.3, 0.4) is 0 Å². The first kappa shape index (κ1) is 22.5. The van der Waals surface area contributed by atoms with E-state index < -0.39 is 33.9 Å². The second kappa shape index (κ2) is 8.69. The van der Waals surface area contributed by atoms with E-state index in [0.717, 1.165) is 4.31 Å². The normalized spacial score (nSPS) is 20.8. The average molecular weight is 422 g/mol. The number of nitrogens with zero attached hydrogens (tertiary/aromatic N) is 1. The molecular weight excluding hydrogens is 397 g/mol. The largest absolute Gasteiger partial charge is 0.492 e. The molecule has 1 N–H and O–H groups in total. The van der Waals surface area contributed by atoms with E-state index >= 15 is 0 Å². The summed E-state index contributed by atoms with van der Waals surface area (Å²) in [5, 5.41) is 2.46. The summed E-state index contributed by atoms with van der Waals surface area (Å²) < 4.78 is 71.2. The van der Waals surface area contributed by atoms with Gasteiger partial charge < -0.3 is 10.1 Å². The van der Waals surface area contributed by atoms with Crippen molar-refractivity contribution in [2.75, 3.05) is 26.0 Å². The van der Waals surface area contributed by atoms with Gasteiger partial charge >= 0.3 is 6.18 Å². The maximum atomic E-state index is 13.3. The van der Waals surface area contributed by atoms with Crippen LogP contribution >= 0.6 is 0 Å². The molecule has 0 bridgehead atoms. The van der Waals surface area contributed by atoms with Crippen molar-refractivity contribution >= 4 is 21.6 Å². The molecule has 1 fully saturated rings. The highest BCUT2D eigenvalue weighted by molar-refractivity contribution is 7.89. The molecule has 1 aliphatic carbocycles. The molecule has 28 heavy (non-hydrogen) atoms. The molecule has 1 saturated carbocycles. The van der Waals surface area contributed by atoms with Crippen molar-refractivity contribution in [1.29, 1.82) is 0 Å². The number of sulfonamides is 1. The first-order valence-electron chi connectivity index (χ1n) is 9.05. The van der Waals surface area contributed by atoms with Gasteiger partial charge in [0.1, 0.15) is 10.6 Å². The van der Waals surface area contributed by atoms with Crippen molar-refractivity contribution in [3.05, 3.63) is 18.2 Å². The number of carbonyl (C=O) groups excluding carboxylic acids is 1. The van der Waals surface area contributed by atoms with Gasteiger partial charge in [0.05, 0.1) is 12.5 Å². The number of rotatable bonds is 6. The maximum Gasteiger partial charge on any atom is 0.392 e. The van der Waals surface area contributed by atoms with Crippen molar-refractivity contribution in [3.8, 4) is 5.75 Å². The van der Waals surface area contributed by atoms with Gasteiger partial charge in [0, 0.05) is 25.7 Å². The molecule has 2 atom stereocenters. The van der Waals surface area contributed by atoms with E-state index in [1.807, 2.05) is 0 Å². The molecule has 1 aromatic carbocycles. The van der Waals surface area contributed by atoms with Crippen molar-refractivity contribution in [1.82, 2.24) is 4.31 Å². The third-order valence-electron chi connectivity index (χ3n) is 4.79. The zero-order valence-electron chi connectivity index (χ0n) is 16.0. The monoisotopic (exact) mass is 422 g/mol. The van der Waals surface area contributed by atoms with Gasteiger partial charge in [-0.25, -0.2) is 12.7 Å². The molecule has 0 radical (unpaired) electrons. The third-order valence-corrected chi connectivity index (χ3v) is 6.63. The molecular formula is C18H25F3N2O4S. The van der Waals surface area contributed by atoms with Crippen LogP contribution in [0.2, 0.25) is 0 Å². The Morgan fingerprint density at radius 1 is 1.25 bits per heavy atom. The number of anilines is 1. The quantitative estimate of drug-likeness (QED) is 0.760. The van der Waals surface area contributed by atoms with E-state index in [0.29, 0.717) is 12.8 Å². The van der Waals surface area contributed by atoms with E-state index in [4.69, 9.17) is 4.74 Å². The molecule has 0 aromatic heterocycles. The summed E-state index contributed by atoms with van der Waals surface area (Å²) in [5.41, 5.74) is 0.111. The fraction of sp³-hybridized carbons (Fsp3) is 0.611. The molecule has 0 spiro atoms. The highest BCUT2D eigenvalue weighted by Gasteiger charge is 2.48. The van der Waals surface area contributed by atoms with Crippen LogP contribution in [-0.2, 0) is 14.8 Å². The zero-order chi connectivity index (χ0) is 21.1. The Labute approximate surface area is 163 Å². The Hall–Kier alpha value is -1.81.